The van der Waals surface area contributed by atoms with Crippen LogP contribution >= 0.6 is 11.6 Å². The molecule has 0 amide bonds. The Morgan fingerprint density at radius 3 is 2.00 bits per heavy atom. The Morgan fingerprint density at radius 1 is 1.33 bits per heavy atom. The minimum Gasteiger partial charge on any atom is -0.292 e. The van der Waals surface area contributed by atoms with Gasteiger partial charge in [-0.2, -0.15) is 0 Å². The second-order valence-corrected chi connectivity index (χ2v) is 2.14. The van der Waals surface area contributed by atoms with Gasteiger partial charge in [0.25, 0.3) is 0 Å². The Hall–Kier alpha value is -0.450. The summed E-state index contributed by atoms with van der Waals surface area (Å²) in [6.07, 6.45) is 3.26. The van der Waals surface area contributed by atoms with Crippen LogP contribution in [0.1, 0.15) is 0 Å². The molecule has 0 radical (unpaired) electrons. The molecule has 1 rings (SSSR count). The summed E-state index contributed by atoms with van der Waals surface area (Å²) >= 11 is 5.51. The van der Waals surface area contributed by atoms with Gasteiger partial charge in [-0.3, -0.25) is 10.0 Å². The van der Waals surface area contributed by atoms with Gasteiger partial charge in [-0.25, -0.2) is 11.7 Å². The van der Waals surface area contributed by atoms with Crippen molar-refractivity contribution in [2.24, 2.45) is 11.7 Å². The monoisotopic (exact) mass is 148 g/mol. The van der Waals surface area contributed by atoms with E-state index in [4.69, 9.17) is 23.3 Å². The molecule has 0 aliphatic carbocycles. The van der Waals surface area contributed by atoms with Gasteiger partial charge >= 0.3 is 0 Å². The van der Waals surface area contributed by atoms with Crippen molar-refractivity contribution in [1.29, 1.82) is 0 Å². The van der Waals surface area contributed by atoms with Gasteiger partial charge in [0, 0.05) is 12.4 Å². The van der Waals surface area contributed by atoms with Crippen molar-refractivity contribution in [2.45, 2.75) is 6.17 Å². The van der Waals surface area contributed by atoms with E-state index in [9.17, 15) is 0 Å². The van der Waals surface area contributed by atoms with E-state index in [1.54, 1.807) is 12.4 Å². The van der Waals surface area contributed by atoms with Crippen LogP contribution in [0.25, 0.3) is 0 Å². The number of hydrazine groups is 2. The number of alkyl halides is 1. The molecule has 52 valence electrons. The van der Waals surface area contributed by atoms with Gasteiger partial charge in [-0.15, -0.1) is 11.6 Å². The summed E-state index contributed by atoms with van der Waals surface area (Å²) < 4.78 is 0. The van der Waals surface area contributed by atoms with Crippen LogP contribution in [0, 0.1) is 0 Å². The Labute approximate surface area is 58.6 Å². The van der Waals surface area contributed by atoms with Gasteiger partial charge in [-0.1, -0.05) is 0 Å². The Kier molecular flexibility index (Phi) is 1.80. The molecule has 0 unspecified atom stereocenters. The van der Waals surface area contributed by atoms with Crippen molar-refractivity contribution < 1.29 is 0 Å². The topological polar surface area (TPSA) is 58.5 Å². The molecule has 4 N–H and O–H groups in total. The highest BCUT2D eigenvalue weighted by atomic mass is 35.5. The van der Waals surface area contributed by atoms with Gasteiger partial charge < -0.3 is 0 Å². The maximum Gasteiger partial charge on any atom is 0.142 e. The molecule has 9 heavy (non-hydrogen) atoms. The summed E-state index contributed by atoms with van der Waals surface area (Å²) in [4.78, 5) is 0. The minimum atomic E-state index is -0.0910. The van der Waals surface area contributed by atoms with Crippen LogP contribution in [0.4, 0.5) is 0 Å². The lowest BCUT2D eigenvalue weighted by Gasteiger charge is -2.23. The number of nitrogens with zero attached hydrogens (tertiary/aromatic N) is 2. The summed E-state index contributed by atoms with van der Waals surface area (Å²) in [5.74, 6) is 11.2. The molecule has 0 saturated heterocycles. The van der Waals surface area contributed by atoms with Crippen molar-refractivity contribution in [3.05, 3.63) is 12.4 Å². The molecule has 0 fully saturated rings. The predicted octanol–water partition coefficient (Wildman–Crippen LogP) is -0.613. The van der Waals surface area contributed by atoms with Crippen molar-refractivity contribution in [2.75, 3.05) is 5.88 Å². The molecule has 0 saturated carbocycles. The normalized spacial score (nSPS) is 19.9. The van der Waals surface area contributed by atoms with Crippen LogP contribution in [0.5, 0.6) is 0 Å². The quantitative estimate of drug-likeness (QED) is 0.385. The number of halogens is 1. The molecule has 4 nitrogen and oxygen atoms in total. The molecular formula is C4H9ClN4. The summed E-state index contributed by atoms with van der Waals surface area (Å²) in [6.45, 7) is 0. The van der Waals surface area contributed by atoms with Crippen LogP contribution in [0.15, 0.2) is 12.4 Å². The third-order valence-corrected chi connectivity index (χ3v) is 1.51. The molecule has 0 bridgehead atoms. The fourth-order valence-corrected chi connectivity index (χ4v) is 0.985. The van der Waals surface area contributed by atoms with E-state index in [0.29, 0.717) is 5.88 Å². The van der Waals surface area contributed by atoms with Gasteiger partial charge in [0.05, 0.1) is 5.88 Å². The van der Waals surface area contributed by atoms with Crippen LogP contribution in [0.3, 0.4) is 0 Å². The fraction of sp³-hybridized carbons (Fsp3) is 0.500. The van der Waals surface area contributed by atoms with E-state index < -0.39 is 0 Å². The number of hydrogen-bond acceptors (Lipinski definition) is 4. The molecular weight excluding hydrogens is 140 g/mol. The van der Waals surface area contributed by atoms with E-state index in [-0.39, 0.29) is 6.17 Å². The van der Waals surface area contributed by atoms with E-state index >= 15 is 0 Å². The summed E-state index contributed by atoms with van der Waals surface area (Å²) in [6, 6.07) is 0. The smallest absolute Gasteiger partial charge is 0.142 e. The van der Waals surface area contributed by atoms with Gasteiger partial charge in [0.15, 0.2) is 0 Å². The molecule has 1 aliphatic rings. The van der Waals surface area contributed by atoms with E-state index in [0.717, 1.165) is 0 Å². The maximum absolute atomic E-state index is 5.51. The lowest BCUT2D eigenvalue weighted by Crippen LogP contribution is -2.46. The highest BCUT2D eigenvalue weighted by Gasteiger charge is 2.19. The number of nitrogens with two attached hydrogens (primary N) is 2. The number of hydrogen-bond donors (Lipinski definition) is 2. The van der Waals surface area contributed by atoms with Crippen molar-refractivity contribution in [3.8, 4) is 0 Å². The lowest BCUT2D eigenvalue weighted by molar-refractivity contribution is 0.178. The SMILES string of the molecule is NN1C=CN(N)C1CCl. The molecule has 1 heterocycles. The van der Waals surface area contributed by atoms with Crippen LogP contribution < -0.4 is 11.7 Å². The van der Waals surface area contributed by atoms with Gasteiger partial charge in [-0.05, 0) is 0 Å². The molecule has 0 spiro atoms. The van der Waals surface area contributed by atoms with Crippen molar-refractivity contribution in [1.82, 2.24) is 10.0 Å². The second kappa shape index (κ2) is 2.43. The third-order valence-electron chi connectivity index (χ3n) is 1.24. The second-order valence-electron chi connectivity index (χ2n) is 1.83. The first-order valence-electron chi connectivity index (χ1n) is 2.56. The van der Waals surface area contributed by atoms with Crippen LogP contribution in [0.2, 0.25) is 0 Å². The Balaban J connectivity index is 2.53. The van der Waals surface area contributed by atoms with E-state index in [1.807, 2.05) is 0 Å². The van der Waals surface area contributed by atoms with E-state index in [1.165, 1.54) is 10.0 Å². The maximum atomic E-state index is 5.51. The molecule has 0 aromatic heterocycles. The Morgan fingerprint density at radius 2 is 1.78 bits per heavy atom. The average Bonchev–Trinajstić information content (AvgIpc) is 2.12. The lowest BCUT2D eigenvalue weighted by atomic mass is 10.6. The largest absolute Gasteiger partial charge is 0.292 e. The fourth-order valence-electron chi connectivity index (χ4n) is 0.666. The zero-order valence-corrected chi connectivity index (χ0v) is 5.62. The zero-order valence-electron chi connectivity index (χ0n) is 4.87. The summed E-state index contributed by atoms with van der Waals surface area (Å²) in [7, 11) is 0. The van der Waals surface area contributed by atoms with Crippen molar-refractivity contribution in [3.63, 3.8) is 0 Å². The molecule has 0 aromatic rings. The summed E-state index contributed by atoms with van der Waals surface area (Å²) in [5, 5.41) is 2.93. The summed E-state index contributed by atoms with van der Waals surface area (Å²) in [5.41, 5.74) is 0. The molecule has 0 aromatic carbocycles. The van der Waals surface area contributed by atoms with Crippen molar-refractivity contribution >= 4 is 11.6 Å². The highest BCUT2D eigenvalue weighted by Crippen LogP contribution is 2.07. The third kappa shape index (κ3) is 1.10. The number of rotatable bonds is 1. The zero-order chi connectivity index (χ0) is 6.85. The van der Waals surface area contributed by atoms with E-state index in [2.05, 4.69) is 0 Å². The minimum absolute atomic E-state index is 0.0910. The molecule has 5 heteroatoms. The first-order valence-corrected chi connectivity index (χ1v) is 3.09. The predicted molar refractivity (Wildman–Crippen MR) is 35.7 cm³/mol. The van der Waals surface area contributed by atoms with Gasteiger partial charge in [0.2, 0.25) is 0 Å². The first-order chi connectivity index (χ1) is 4.25. The van der Waals surface area contributed by atoms with Crippen LogP contribution in [-0.2, 0) is 0 Å². The van der Waals surface area contributed by atoms with Gasteiger partial charge in [0.1, 0.15) is 6.17 Å². The molecule has 1 aliphatic heterocycles. The first kappa shape index (κ1) is 6.67. The molecule has 0 atom stereocenters. The van der Waals surface area contributed by atoms with Crippen LogP contribution in [-0.4, -0.2) is 22.1 Å². The highest BCUT2D eigenvalue weighted by molar-refractivity contribution is 6.18. The average molecular weight is 149 g/mol. The standard InChI is InChI=1S/C4H9ClN4/c5-3-4-8(6)1-2-9(4)7/h1-2,4H,3,6-7H2. The Bertz CT molecular complexity index is 114.